The summed E-state index contributed by atoms with van der Waals surface area (Å²) < 4.78 is 21.5. The predicted octanol–water partition coefficient (Wildman–Crippen LogP) is -3.68. The average molecular weight is 879 g/mol. The maximum Gasteiger partial charge on any atom is 0.305 e. The Morgan fingerprint density at radius 1 is 0.694 bits per heavy atom. The highest BCUT2D eigenvalue weighted by molar-refractivity contribution is 5.98. The van der Waals surface area contributed by atoms with Gasteiger partial charge in [0.05, 0.1) is 59.2 Å². The van der Waals surface area contributed by atoms with Crippen LogP contribution in [0.5, 0.6) is 0 Å². The molecule has 1 heterocycles. The number of carbonyl (C=O) groups is 8. The van der Waals surface area contributed by atoms with Crippen molar-refractivity contribution in [3.05, 3.63) is 35.9 Å². The number of hydrogen-bond donors (Lipinski definition) is 10. The van der Waals surface area contributed by atoms with Gasteiger partial charge in [0.15, 0.2) is 5.96 Å². The molecule has 62 heavy (non-hydrogen) atoms. The molecule has 23 nitrogen and oxygen atoms in total. The molecule has 1 saturated heterocycles. The van der Waals surface area contributed by atoms with Crippen LogP contribution in [0.25, 0.3) is 0 Å². The summed E-state index contributed by atoms with van der Waals surface area (Å²) in [6.07, 6.45) is 0.139. The van der Waals surface area contributed by atoms with E-state index < -0.39 is 72.6 Å². The molecule has 1 aliphatic heterocycles. The standard InChI is InChI=1S/C39H62N10O13/c1-26(50)42-14-15-59-16-17-60-18-19-61-20-21-62-25-33(52)43-12-6-5-10-29-36(56)47-28(11-7-13-44-39(40)41)35(55)45-24-32(51)46-31(23-34(53)54)38(58)49-30(37(57)48-29)22-27-8-3-2-4-9-27/h2-4,8-9,28-31H,5-7,10-25H2,1H3,(H,42,50)(H,43,52)(H,45,55)(H,46,51)(H,47,56)(H,48,57)(H,49,58)(H,53,54)(H4,40,41,44)/t28-,29-,30+,31-/m0/s1. The number of aliphatic imine (C=N–C) groups is 1. The quantitative estimate of drug-likeness (QED) is 0.0231. The van der Waals surface area contributed by atoms with Crippen LogP contribution < -0.4 is 48.7 Å². The molecule has 0 unspecified atom stereocenters. The Bertz CT molecular complexity index is 1610. The molecule has 0 aliphatic carbocycles. The molecule has 346 valence electrons. The number of nitrogens with zero attached hydrogens (tertiary/aromatic N) is 1. The van der Waals surface area contributed by atoms with Gasteiger partial charge in [0, 0.05) is 33.0 Å². The molecule has 1 aromatic rings. The highest BCUT2D eigenvalue weighted by atomic mass is 16.6. The van der Waals surface area contributed by atoms with Gasteiger partial charge in [-0.15, -0.1) is 0 Å². The summed E-state index contributed by atoms with van der Waals surface area (Å²) in [5, 5.41) is 27.4. The lowest BCUT2D eigenvalue weighted by atomic mass is 10.0. The third-order valence-corrected chi connectivity index (χ3v) is 8.79. The molecule has 0 radical (unpaired) electrons. The number of benzene rings is 1. The number of rotatable bonds is 27. The van der Waals surface area contributed by atoms with Crippen molar-refractivity contribution in [3.8, 4) is 0 Å². The van der Waals surface area contributed by atoms with Gasteiger partial charge in [-0.05, 0) is 37.7 Å². The molecular formula is C39H62N10O13. The van der Waals surface area contributed by atoms with Crippen molar-refractivity contribution in [1.82, 2.24) is 37.2 Å². The van der Waals surface area contributed by atoms with E-state index in [2.05, 4.69) is 42.2 Å². The molecule has 1 fully saturated rings. The third kappa shape index (κ3) is 24.4. The Kier molecular flexibility index (Phi) is 26.1. The monoisotopic (exact) mass is 878 g/mol. The van der Waals surface area contributed by atoms with Crippen LogP contribution in [-0.4, -0.2) is 162 Å². The normalized spacial score (nSPS) is 18.7. The smallest absolute Gasteiger partial charge is 0.305 e. The Morgan fingerprint density at radius 3 is 1.89 bits per heavy atom. The molecule has 0 aromatic heterocycles. The maximum absolute atomic E-state index is 13.9. The minimum atomic E-state index is -1.61. The predicted molar refractivity (Wildman–Crippen MR) is 222 cm³/mol. The number of amides is 7. The second-order valence-electron chi connectivity index (χ2n) is 14.0. The highest BCUT2D eigenvalue weighted by Crippen LogP contribution is 2.09. The van der Waals surface area contributed by atoms with Crippen molar-refractivity contribution in [2.75, 3.05) is 79.0 Å². The van der Waals surface area contributed by atoms with E-state index in [0.29, 0.717) is 58.0 Å². The Balaban J connectivity index is 2.01. The zero-order valence-corrected chi connectivity index (χ0v) is 35.1. The molecule has 0 spiro atoms. The summed E-state index contributed by atoms with van der Waals surface area (Å²) in [4.78, 5) is 106. The molecule has 0 saturated carbocycles. The van der Waals surface area contributed by atoms with Crippen molar-refractivity contribution < 1.29 is 62.4 Å². The van der Waals surface area contributed by atoms with E-state index in [9.17, 15) is 43.5 Å². The minimum absolute atomic E-state index is 0.0310. The molecule has 2 rings (SSSR count). The fourth-order valence-corrected chi connectivity index (χ4v) is 5.71. The minimum Gasteiger partial charge on any atom is -0.481 e. The van der Waals surface area contributed by atoms with Crippen molar-refractivity contribution in [3.63, 3.8) is 0 Å². The Labute approximate surface area is 359 Å². The van der Waals surface area contributed by atoms with Gasteiger partial charge in [0.2, 0.25) is 41.4 Å². The molecule has 1 aliphatic rings. The first kappa shape index (κ1) is 52.2. The average Bonchev–Trinajstić information content (AvgIpc) is 3.22. The van der Waals surface area contributed by atoms with Crippen LogP contribution in [-0.2, 0) is 63.7 Å². The van der Waals surface area contributed by atoms with Crippen molar-refractivity contribution in [1.29, 1.82) is 0 Å². The summed E-state index contributed by atoms with van der Waals surface area (Å²) in [5.74, 6) is -6.21. The molecule has 7 amide bonds. The van der Waals surface area contributed by atoms with Crippen molar-refractivity contribution >= 4 is 53.3 Å². The van der Waals surface area contributed by atoms with Crippen LogP contribution >= 0.6 is 0 Å². The van der Waals surface area contributed by atoms with E-state index in [1.54, 1.807) is 30.3 Å². The lowest BCUT2D eigenvalue weighted by Crippen LogP contribution is -2.58. The summed E-state index contributed by atoms with van der Waals surface area (Å²) in [5.41, 5.74) is 11.5. The number of unbranched alkanes of at least 4 members (excludes halogenated alkanes) is 1. The van der Waals surface area contributed by atoms with Crippen molar-refractivity contribution in [2.24, 2.45) is 16.5 Å². The first-order valence-electron chi connectivity index (χ1n) is 20.4. The lowest BCUT2D eigenvalue weighted by molar-refractivity contribution is -0.141. The van der Waals surface area contributed by atoms with Gasteiger partial charge in [-0.1, -0.05) is 30.3 Å². The number of guanidine groups is 1. The van der Waals surface area contributed by atoms with E-state index in [1.165, 1.54) is 6.92 Å². The third-order valence-electron chi connectivity index (χ3n) is 8.79. The molecule has 0 bridgehead atoms. The van der Waals surface area contributed by atoms with E-state index in [1.807, 2.05) is 0 Å². The summed E-state index contributed by atoms with van der Waals surface area (Å²) in [6.45, 7) is 3.55. The van der Waals surface area contributed by atoms with Crippen LogP contribution in [0.4, 0.5) is 0 Å². The van der Waals surface area contributed by atoms with Crippen LogP contribution in [0.2, 0.25) is 0 Å². The van der Waals surface area contributed by atoms with Gasteiger partial charge < -0.3 is 72.7 Å². The number of carboxylic acids is 1. The van der Waals surface area contributed by atoms with Gasteiger partial charge in [0.25, 0.3) is 0 Å². The van der Waals surface area contributed by atoms with Crippen LogP contribution in [0.3, 0.4) is 0 Å². The number of aliphatic carboxylic acids is 1. The molecule has 4 atom stereocenters. The zero-order valence-electron chi connectivity index (χ0n) is 35.1. The van der Waals surface area contributed by atoms with Crippen LogP contribution in [0, 0.1) is 0 Å². The number of ether oxygens (including phenoxy) is 4. The molecular weight excluding hydrogens is 816 g/mol. The topological polar surface area (TPSA) is 342 Å². The number of hydrogen-bond acceptors (Lipinski definition) is 13. The first-order chi connectivity index (χ1) is 29.7. The summed E-state index contributed by atoms with van der Waals surface area (Å²) >= 11 is 0. The lowest BCUT2D eigenvalue weighted by Gasteiger charge is -2.26. The SMILES string of the molecule is CC(=O)NCCOCCOCCOCCOCC(=O)NCCCC[C@@H]1NC(=O)[C@@H](Cc2ccccc2)NC(=O)[C@H](CC(=O)O)NC(=O)CNC(=O)[C@H](CCCN=C(N)N)NC1=O. The second-order valence-corrected chi connectivity index (χ2v) is 14.0. The molecule has 23 heteroatoms. The molecule has 1 aromatic carbocycles. The first-order valence-corrected chi connectivity index (χ1v) is 20.4. The largest absolute Gasteiger partial charge is 0.481 e. The van der Waals surface area contributed by atoms with Gasteiger partial charge >= 0.3 is 5.97 Å². The number of nitrogens with two attached hydrogens (primary N) is 2. The van der Waals surface area contributed by atoms with E-state index in [0.717, 1.165) is 0 Å². The fraction of sp³-hybridized carbons (Fsp3) is 0.615. The van der Waals surface area contributed by atoms with Gasteiger partial charge in [0.1, 0.15) is 30.8 Å². The van der Waals surface area contributed by atoms with E-state index in [-0.39, 0.29) is 76.4 Å². The van der Waals surface area contributed by atoms with Gasteiger partial charge in [-0.25, -0.2) is 0 Å². The zero-order chi connectivity index (χ0) is 45.5. The maximum atomic E-state index is 13.9. The second kappa shape index (κ2) is 31.0. The highest BCUT2D eigenvalue weighted by Gasteiger charge is 2.33. The fourth-order valence-electron chi connectivity index (χ4n) is 5.71. The Hall–Kier alpha value is -5.91. The van der Waals surface area contributed by atoms with Crippen LogP contribution in [0.1, 0.15) is 51.0 Å². The van der Waals surface area contributed by atoms with E-state index >= 15 is 0 Å². The number of carbonyl (C=O) groups excluding carboxylic acids is 7. The van der Waals surface area contributed by atoms with Crippen LogP contribution in [0.15, 0.2) is 35.3 Å². The number of carboxylic acid groups (broad SMARTS) is 1. The molecule has 12 N–H and O–H groups in total. The Morgan fingerprint density at radius 2 is 1.26 bits per heavy atom. The van der Waals surface area contributed by atoms with E-state index in [4.69, 9.17) is 30.4 Å². The summed E-state index contributed by atoms with van der Waals surface area (Å²) in [7, 11) is 0. The number of nitrogens with one attached hydrogen (secondary N) is 7. The van der Waals surface area contributed by atoms with Crippen molar-refractivity contribution in [2.45, 2.75) is 76.0 Å². The van der Waals surface area contributed by atoms with Gasteiger partial charge in [-0.3, -0.25) is 43.3 Å². The summed E-state index contributed by atoms with van der Waals surface area (Å²) in [6, 6.07) is 3.27. The van der Waals surface area contributed by atoms with Gasteiger partial charge in [-0.2, -0.15) is 0 Å².